The van der Waals surface area contributed by atoms with E-state index in [9.17, 15) is 5.11 Å². The van der Waals surface area contributed by atoms with Gasteiger partial charge in [0.15, 0.2) is 0 Å². The van der Waals surface area contributed by atoms with Gasteiger partial charge in [-0.1, -0.05) is 19.1 Å². The van der Waals surface area contributed by atoms with Gasteiger partial charge < -0.3 is 9.84 Å². The second-order valence-electron chi connectivity index (χ2n) is 4.89. The molecule has 1 N–H and O–H groups in total. The second-order valence-corrected chi connectivity index (χ2v) is 4.89. The van der Waals surface area contributed by atoms with Gasteiger partial charge in [-0.3, -0.25) is 4.90 Å². The summed E-state index contributed by atoms with van der Waals surface area (Å²) in [5, 5.41) is 9.69. The quantitative estimate of drug-likeness (QED) is 0.841. The third-order valence-corrected chi connectivity index (χ3v) is 3.53. The van der Waals surface area contributed by atoms with Crippen molar-refractivity contribution < 1.29 is 9.84 Å². The van der Waals surface area contributed by atoms with E-state index in [0.717, 1.165) is 30.9 Å². The largest absolute Gasteiger partial charge is 0.492 e. The lowest BCUT2D eigenvalue weighted by molar-refractivity contribution is 0.173. The van der Waals surface area contributed by atoms with Crippen molar-refractivity contribution in [3.8, 4) is 5.75 Å². The summed E-state index contributed by atoms with van der Waals surface area (Å²) in [5.41, 5.74) is 0.962. The first-order chi connectivity index (χ1) is 8.79. The molecule has 1 aliphatic heterocycles. The van der Waals surface area contributed by atoms with Crippen LogP contribution in [0.1, 0.15) is 37.9 Å². The average Bonchev–Trinajstić information content (AvgIpc) is 2.92. The predicted octanol–water partition coefficient (Wildman–Crippen LogP) is 2.60. The van der Waals surface area contributed by atoms with Gasteiger partial charge in [0.25, 0.3) is 0 Å². The van der Waals surface area contributed by atoms with E-state index in [2.05, 4.69) is 4.90 Å². The minimum absolute atomic E-state index is 0.358. The van der Waals surface area contributed by atoms with E-state index in [1.807, 2.05) is 31.2 Å². The van der Waals surface area contributed by atoms with E-state index in [1.54, 1.807) is 0 Å². The zero-order valence-electron chi connectivity index (χ0n) is 11.1. The summed E-state index contributed by atoms with van der Waals surface area (Å²) < 4.78 is 5.71. The molecule has 0 spiro atoms. The van der Waals surface area contributed by atoms with Gasteiger partial charge in [0.1, 0.15) is 12.4 Å². The minimum atomic E-state index is -0.358. The topological polar surface area (TPSA) is 32.7 Å². The monoisotopic (exact) mass is 249 g/mol. The first-order valence-corrected chi connectivity index (χ1v) is 6.93. The molecule has 2 rings (SSSR count). The second kappa shape index (κ2) is 6.76. The Labute approximate surface area is 109 Å². The van der Waals surface area contributed by atoms with Crippen LogP contribution in [0.15, 0.2) is 24.3 Å². The maximum Gasteiger partial charge on any atom is 0.119 e. The number of benzene rings is 1. The van der Waals surface area contributed by atoms with E-state index >= 15 is 0 Å². The molecule has 3 nitrogen and oxygen atoms in total. The first kappa shape index (κ1) is 13.4. The summed E-state index contributed by atoms with van der Waals surface area (Å²) in [4.78, 5) is 2.44. The maximum atomic E-state index is 9.69. The fraction of sp³-hybridized carbons (Fsp3) is 0.600. The molecule has 100 valence electrons. The number of hydrogen-bond acceptors (Lipinski definition) is 3. The van der Waals surface area contributed by atoms with E-state index in [0.29, 0.717) is 0 Å². The van der Waals surface area contributed by atoms with Crippen molar-refractivity contribution in [1.82, 2.24) is 4.90 Å². The smallest absolute Gasteiger partial charge is 0.119 e. The molecule has 0 aliphatic carbocycles. The molecule has 1 aromatic rings. The fourth-order valence-corrected chi connectivity index (χ4v) is 2.32. The third-order valence-electron chi connectivity index (χ3n) is 3.53. The lowest BCUT2D eigenvalue weighted by Gasteiger charge is -2.15. The molecule has 0 radical (unpaired) electrons. The van der Waals surface area contributed by atoms with E-state index in [-0.39, 0.29) is 6.10 Å². The van der Waals surface area contributed by atoms with Crippen LogP contribution in [0.2, 0.25) is 0 Å². The Morgan fingerprint density at radius 1 is 1.22 bits per heavy atom. The molecule has 1 atom stereocenters. The zero-order valence-corrected chi connectivity index (χ0v) is 11.1. The Hall–Kier alpha value is -1.06. The number of rotatable bonds is 6. The normalized spacial score (nSPS) is 17.9. The van der Waals surface area contributed by atoms with Gasteiger partial charge in [-0.05, 0) is 50.0 Å². The van der Waals surface area contributed by atoms with Gasteiger partial charge >= 0.3 is 0 Å². The van der Waals surface area contributed by atoms with Crippen LogP contribution in [0.4, 0.5) is 0 Å². The summed E-state index contributed by atoms with van der Waals surface area (Å²) in [6.07, 6.45) is 3.03. The molecule has 1 aromatic carbocycles. The fourth-order valence-electron chi connectivity index (χ4n) is 2.32. The van der Waals surface area contributed by atoms with Gasteiger partial charge in [-0.15, -0.1) is 0 Å². The van der Waals surface area contributed by atoms with Crippen molar-refractivity contribution in [2.45, 2.75) is 32.3 Å². The van der Waals surface area contributed by atoms with Crippen LogP contribution in [-0.2, 0) is 0 Å². The van der Waals surface area contributed by atoms with E-state index in [1.165, 1.54) is 25.9 Å². The number of ether oxygens (including phenoxy) is 1. The molecular weight excluding hydrogens is 226 g/mol. The van der Waals surface area contributed by atoms with Crippen molar-refractivity contribution in [1.29, 1.82) is 0 Å². The number of nitrogens with zero attached hydrogens (tertiary/aromatic N) is 1. The SMILES string of the molecule is CC[C@H](O)c1ccc(OCCN2CCCC2)cc1. The molecule has 1 heterocycles. The molecule has 1 fully saturated rings. The number of likely N-dealkylation sites (tertiary alicyclic amines) is 1. The van der Waals surface area contributed by atoms with Crippen LogP contribution in [0, 0.1) is 0 Å². The Morgan fingerprint density at radius 3 is 2.50 bits per heavy atom. The van der Waals surface area contributed by atoms with Crippen LogP contribution in [0.3, 0.4) is 0 Å². The highest BCUT2D eigenvalue weighted by Gasteiger charge is 2.10. The number of aliphatic hydroxyl groups is 1. The van der Waals surface area contributed by atoms with Crippen LogP contribution < -0.4 is 4.74 Å². The van der Waals surface area contributed by atoms with E-state index < -0.39 is 0 Å². The first-order valence-electron chi connectivity index (χ1n) is 6.93. The summed E-state index contributed by atoms with van der Waals surface area (Å²) in [7, 11) is 0. The summed E-state index contributed by atoms with van der Waals surface area (Å²) in [5.74, 6) is 0.890. The molecular formula is C15H23NO2. The number of hydrogen-bond donors (Lipinski definition) is 1. The molecule has 0 aromatic heterocycles. The van der Waals surface area contributed by atoms with Crippen LogP contribution in [0.5, 0.6) is 5.75 Å². The summed E-state index contributed by atoms with van der Waals surface area (Å²) in [6, 6.07) is 7.77. The average molecular weight is 249 g/mol. The molecule has 1 aliphatic rings. The summed E-state index contributed by atoms with van der Waals surface area (Å²) in [6.45, 7) is 6.16. The summed E-state index contributed by atoms with van der Waals surface area (Å²) >= 11 is 0. The lowest BCUT2D eigenvalue weighted by Crippen LogP contribution is -2.25. The van der Waals surface area contributed by atoms with Crippen molar-refractivity contribution in [3.05, 3.63) is 29.8 Å². The Morgan fingerprint density at radius 2 is 1.89 bits per heavy atom. The molecule has 0 saturated carbocycles. The Bertz CT molecular complexity index is 344. The molecule has 0 bridgehead atoms. The van der Waals surface area contributed by atoms with Gasteiger partial charge in [0, 0.05) is 6.54 Å². The molecule has 0 unspecified atom stereocenters. The van der Waals surface area contributed by atoms with Crippen LogP contribution in [-0.4, -0.2) is 36.2 Å². The van der Waals surface area contributed by atoms with Gasteiger partial charge in [-0.25, -0.2) is 0 Å². The Balaban J connectivity index is 1.75. The van der Waals surface area contributed by atoms with Gasteiger partial charge in [0.05, 0.1) is 6.10 Å². The number of aliphatic hydroxyl groups excluding tert-OH is 1. The third kappa shape index (κ3) is 3.72. The van der Waals surface area contributed by atoms with Crippen LogP contribution >= 0.6 is 0 Å². The van der Waals surface area contributed by atoms with Crippen molar-refractivity contribution in [2.24, 2.45) is 0 Å². The van der Waals surface area contributed by atoms with Gasteiger partial charge in [-0.2, -0.15) is 0 Å². The molecule has 3 heteroatoms. The van der Waals surface area contributed by atoms with E-state index in [4.69, 9.17) is 4.74 Å². The highest BCUT2D eigenvalue weighted by Crippen LogP contribution is 2.19. The maximum absolute atomic E-state index is 9.69. The predicted molar refractivity (Wildman–Crippen MR) is 72.9 cm³/mol. The Kier molecular flexibility index (Phi) is 5.02. The lowest BCUT2D eigenvalue weighted by atomic mass is 10.1. The molecule has 1 saturated heterocycles. The van der Waals surface area contributed by atoms with Gasteiger partial charge in [0.2, 0.25) is 0 Å². The van der Waals surface area contributed by atoms with Crippen molar-refractivity contribution >= 4 is 0 Å². The highest BCUT2D eigenvalue weighted by atomic mass is 16.5. The van der Waals surface area contributed by atoms with Crippen LogP contribution in [0.25, 0.3) is 0 Å². The highest BCUT2D eigenvalue weighted by molar-refractivity contribution is 5.28. The zero-order chi connectivity index (χ0) is 12.8. The van der Waals surface area contributed by atoms with Crippen molar-refractivity contribution in [3.63, 3.8) is 0 Å². The van der Waals surface area contributed by atoms with Crippen molar-refractivity contribution in [2.75, 3.05) is 26.2 Å². The minimum Gasteiger partial charge on any atom is -0.492 e. The standard InChI is InChI=1S/C15H23NO2/c1-2-15(17)13-5-7-14(8-6-13)18-12-11-16-9-3-4-10-16/h5-8,15,17H,2-4,9-12H2,1H3/t15-/m0/s1. The molecule has 0 amide bonds. The molecule has 18 heavy (non-hydrogen) atoms.